The van der Waals surface area contributed by atoms with E-state index in [0.29, 0.717) is 5.57 Å². The molecule has 0 bridgehead atoms. The normalized spacial score (nSPS) is 23.3. The Morgan fingerprint density at radius 2 is 1.80 bits per heavy atom. The molecule has 0 fully saturated rings. The molecule has 0 aromatic heterocycles. The molecule has 0 saturated heterocycles. The predicted molar refractivity (Wildman–Crippen MR) is 37.6 cm³/mol. The fraction of sp³-hybridized carbons (Fsp3) is 0.500. The molecule has 1 aliphatic rings. The van der Waals surface area contributed by atoms with Crippen LogP contribution in [-0.4, -0.2) is 11.6 Å². The molecule has 2 heteroatoms. The van der Waals surface area contributed by atoms with Crippen LogP contribution in [0.3, 0.4) is 0 Å². The van der Waals surface area contributed by atoms with Gasteiger partial charge in [0.2, 0.25) is 0 Å². The van der Waals surface area contributed by atoms with Gasteiger partial charge in [-0.15, -0.1) is 0 Å². The fourth-order valence-corrected chi connectivity index (χ4v) is 1.05. The van der Waals surface area contributed by atoms with E-state index in [1.807, 2.05) is 0 Å². The van der Waals surface area contributed by atoms with E-state index < -0.39 is 5.41 Å². The first-order valence-electron chi connectivity index (χ1n) is 3.24. The Kier molecular flexibility index (Phi) is 1.28. The maximum atomic E-state index is 11.1. The monoisotopic (exact) mass is 138 g/mol. The molecule has 0 aromatic carbocycles. The van der Waals surface area contributed by atoms with E-state index in [2.05, 4.69) is 0 Å². The quantitative estimate of drug-likeness (QED) is 0.470. The molecule has 0 amide bonds. The molecule has 0 aliphatic heterocycles. The summed E-state index contributed by atoms with van der Waals surface area (Å²) < 4.78 is 0. The van der Waals surface area contributed by atoms with Gasteiger partial charge in [-0.2, -0.15) is 0 Å². The third kappa shape index (κ3) is 0.719. The second-order valence-corrected chi connectivity index (χ2v) is 3.15. The average Bonchev–Trinajstić information content (AvgIpc) is 1.97. The zero-order valence-electron chi connectivity index (χ0n) is 6.39. The van der Waals surface area contributed by atoms with Crippen molar-refractivity contribution in [3.8, 4) is 0 Å². The Morgan fingerprint density at radius 3 is 1.90 bits per heavy atom. The van der Waals surface area contributed by atoms with Gasteiger partial charge >= 0.3 is 0 Å². The van der Waals surface area contributed by atoms with Gasteiger partial charge < -0.3 is 0 Å². The second-order valence-electron chi connectivity index (χ2n) is 3.15. The van der Waals surface area contributed by atoms with Crippen LogP contribution in [0.5, 0.6) is 0 Å². The van der Waals surface area contributed by atoms with E-state index in [4.69, 9.17) is 0 Å². The summed E-state index contributed by atoms with van der Waals surface area (Å²) in [5.74, 6) is -0.118. The summed E-state index contributed by atoms with van der Waals surface area (Å²) in [6.45, 7) is 4.99. The zero-order valence-corrected chi connectivity index (χ0v) is 6.39. The number of hydrogen-bond donors (Lipinski definition) is 0. The summed E-state index contributed by atoms with van der Waals surface area (Å²) in [7, 11) is 0. The Balaban J connectivity index is 3.10. The molecule has 0 N–H and O–H groups in total. The standard InChI is InChI=1S/C8H10O2/c1-5-4-6(9)8(2,3)7(5)10/h4H,1-3H3. The molecule has 2 nitrogen and oxygen atoms in total. The Morgan fingerprint density at radius 1 is 1.30 bits per heavy atom. The third-order valence-electron chi connectivity index (χ3n) is 1.89. The van der Waals surface area contributed by atoms with Gasteiger partial charge in [0, 0.05) is 0 Å². The van der Waals surface area contributed by atoms with Crippen LogP contribution in [0, 0.1) is 5.41 Å². The van der Waals surface area contributed by atoms with Crippen molar-refractivity contribution in [2.75, 3.05) is 0 Å². The minimum absolute atomic E-state index is 0.0440. The molecule has 10 heavy (non-hydrogen) atoms. The lowest BCUT2D eigenvalue weighted by Gasteiger charge is -2.12. The number of Topliss-reactive ketones (excluding diaryl/α,β-unsaturated/α-hetero) is 1. The van der Waals surface area contributed by atoms with Crippen molar-refractivity contribution in [1.82, 2.24) is 0 Å². The number of rotatable bonds is 0. The van der Waals surface area contributed by atoms with Gasteiger partial charge in [0.1, 0.15) is 0 Å². The maximum Gasteiger partial charge on any atom is 0.172 e. The minimum atomic E-state index is -0.788. The van der Waals surface area contributed by atoms with Crippen molar-refractivity contribution in [2.45, 2.75) is 20.8 Å². The van der Waals surface area contributed by atoms with E-state index in [1.54, 1.807) is 20.8 Å². The van der Waals surface area contributed by atoms with Crippen LogP contribution in [0.4, 0.5) is 0 Å². The van der Waals surface area contributed by atoms with Crippen LogP contribution < -0.4 is 0 Å². The van der Waals surface area contributed by atoms with E-state index in [-0.39, 0.29) is 11.6 Å². The van der Waals surface area contributed by atoms with Gasteiger partial charge in [-0.25, -0.2) is 0 Å². The first kappa shape index (κ1) is 7.19. The lowest BCUT2D eigenvalue weighted by Crippen LogP contribution is -2.26. The van der Waals surface area contributed by atoms with Crippen LogP contribution >= 0.6 is 0 Å². The molecule has 0 unspecified atom stereocenters. The van der Waals surface area contributed by atoms with E-state index >= 15 is 0 Å². The Labute approximate surface area is 59.9 Å². The SMILES string of the molecule is CC1=CC(=O)C(C)(C)C1=O. The maximum absolute atomic E-state index is 11.1. The zero-order chi connectivity index (χ0) is 7.94. The molecular weight excluding hydrogens is 128 g/mol. The smallest absolute Gasteiger partial charge is 0.172 e. The fourth-order valence-electron chi connectivity index (χ4n) is 1.05. The molecule has 54 valence electrons. The summed E-state index contributed by atoms with van der Waals surface area (Å²) in [5, 5.41) is 0. The molecule has 1 rings (SSSR count). The highest BCUT2D eigenvalue weighted by molar-refractivity contribution is 6.24. The van der Waals surface area contributed by atoms with E-state index in [1.165, 1.54) is 6.08 Å². The van der Waals surface area contributed by atoms with Gasteiger partial charge in [-0.1, -0.05) is 0 Å². The average molecular weight is 138 g/mol. The first-order chi connectivity index (χ1) is 4.46. The Hall–Kier alpha value is -0.920. The lowest BCUT2D eigenvalue weighted by molar-refractivity contribution is -0.131. The van der Waals surface area contributed by atoms with Crippen LogP contribution in [0.15, 0.2) is 11.6 Å². The molecule has 0 saturated carbocycles. The number of hydrogen-bond acceptors (Lipinski definition) is 2. The van der Waals surface area contributed by atoms with Gasteiger partial charge in [-0.3, -0.25) is 9.59 Å². The molecule has 0 aromatic rings. The summed E-state index contributed by atoms with van der Waals surface area (Å²) in [5.41, 5.74) is -0.209. The molecule has 0 spiro atoms. The van der Waals surface area contributed by atoms with Gasteiger partial charge in [0.15, 0.2) is 11.6 Å². The van der Waals surface area contributed by atoms with Crippen molar-refractivity contribution < 1.29 is 9.59 Å². The van der Waals surface area contributed by atoms with E-state index in [0.717, 1.165) is 0 Å². The van der Waals surface area contributed by atoms with Crippen LogP contribution in [0.1, 0.15) is 20.8 Å². The van der Waals surface area contributed by atoms with Crippen molar-refractivity contribution in [3.63, 3.8) is 0 Å². The predicted octanol–water partition coefficient (Wildman–Crippen LogP) is 1.11. The molecule has 0 radical (unpaired) electrons. The summed E-state index contributed by atoms with van der Waals surface area (Å²) in [4.78, 5) is 22.2. The molecule has 0 atom stereocenters. The lowest BCUT2D eigenvalue weighted by atomic mass is 9.87. The second kappa shape index (κ2) is 1.78. The molecule has 1 aliphatic carbocycles. The van der Waals surface area contributed by atoms with Crippen molar-refractivity contribution >= 4 is 11.6 Å². The van der Waals surface area contributed by atoms with Gasteiger partial charge in [0.05, 0.1) is 5.41 Å². The highest BCUT2D eigenvalue weighted by Crippen LogP contribution is 2.28. The third-order valence-corrected chi connectivity index (χ3v) is 1.89. The first-order valence-corrected chi connectivity index (χ1v) is 3.24. The number of carbonyl (C=O) groups excluding carboxylic acids is 2. The van der Waals surface area contributed by atoms with Gasteiger partial charge in [-0.05, 0) is 32.4 Å². The molecular formula is C8H10O2. The van der Waals surface area contributed by atoms with Crippen molar-refractivity contribution in [3.05, 3.63) is 11.6 Å². The van der Waals surface area contributed by atoms with Crippen molar-refractivity contribution in [1.29, 1.82) is 0 Å². The number of carbonyl (C=O) groups is 2. The largest absolute Gasteiger partial charge is 0.294 e. The summed E-state index contributed by atoms with van der Waals surface area (Å²) >= 11 is 0. The highest BCUT2D eigenvalue weighted by atomic mass is 16.2. The topological polar surface area (TPSA) is 34.1 Å². The highest BCUT2D eigenvalue weighted by Gasteiger charge is 2.39. The minimum Gasteiger partial charge on any atom is -0.294 e. The summed E-state index contributed by atoms with van der Waals surface area (Å²) in [6, 6.07) is 0. The number of ketones is 2. The molecule has 0 heterocycles. The summed E-state index contributed by atoms with van der Waals surface area (Å²) in [6.07, 6.45) is 1.42. The Bertz CT molecular complexity index is 234. The number of allylic oxidation sites excluding steroid dienone is 2. The van der Waals surface area contributed by atoms with Crippen LogP contribution in [-0.2, 0) is 9.59 Å². The van der Waals surface area contributed by atoms with Gasteiger partial charge in [0.25, 0.3) is 0 Å². The van der Waals surface area contributed by atoms with E-state index in [9.17, 15) is 9.59 Å². The van der Waals surface area contributed by atoms with Crippen LogP contribution in [0.2, 0.25) is 0 Å². The van der Waals surface area contributed by atoms with Crippen molar-refractivity contribution in [2.24, 2.45) is 5.41 Å². The van der Waals surface area contributed by atoms with Crippen LogP contribution in [0.25, 0.3) is 0 Å².